The molecule has 4 nitrogen and oxygen atoms in total. The first-order chi connectivity index (χ1) is 10.2. The van der Waals surface area contributed by atoms with Gasteiger partial charge in [-0.1, -0.05) is 31.0 Å². The molecular weight excluding hydrogens is 262 g/mol. The Morgan fingerprint density at radius 3 is 2.86 bits per heavy atom. The predicted molar refractivity (Wildman–Crippen MR) is 85.5 cm³/mol. The van der Waals surface area contributed by atoms with Gasteiger partial charge in [-0.3, -0.25) is 4.79 Å². The maximum absolute atomic E-state index is 12.2. The smallest absolute Gasteiger partial charge is 0.267 e. The van der Waals surface area contributed by atoms with Crippen LogP contribution in [0.1, 0.15) is 36.2 Å². The largest absolute Gasteiger partial charge is 0.351 e. The van der Waals surface area contributed by atoms with Crippen LogP contribution in [0.25, 0.3) is 10.9 Å². The number of benzene rings is 1. The molecule has 0 saturated heterocycles. The molecule has 0 unspecified atom stereocenters. The van der Waals surface area contributed by atoms with Gasteiger partial charge >= 0.3 is 0 Å². The van der Waals surface area contributed by atoms with Gasteiger partial charge in [-0.2, -0.15) is 0 Å². The van der Waals surface area contributed by atoms with Crippen molar-refractivity contribution in [3.63, 3.8) is 0 Å². The van der Waals surface area contributed by atoms with E-state index in [1.807, 2.05) is 30.3 Å². The van der Waals surface area contributed by atoms with Crippen LogP contribution in [-0.4, -0.2) is 42.0 Å². The standard InChI is InChI=1S/C17H23N3O/c1-20(14-7-3-4-8-14)11-10-18-17(21)16-12-13-6-2-5-9-15(13)19-16/h2,5-6,9,12,14,19H,3-4,7-8,10-11H2,1H3,(H,18,21). The molecular formula is C17H23N3O. The van der Waals surface area contributed by atoms with E-state index in [2.05, 4.69) is 22.2 Å². The minimum atomic E-state index is -0.0222. The summed E-state index contributed by atoms with van der Waals surface area (Å²) < 4.78 is 0. The Morgan fingerprint density at radius 2 is 2.10 bits per heavy atom. The maximum Gasteiger partial charge on any atom is 0.267 e. The number of aromatic amines is 1. The van der Waals surface area contributed by atoms with Crippen molar-refractivity contribution >= 4 is 16.8 Å². The summed E-state index contributed by atoms with van der Waals surface area (Å²) in [6, 6.07) is 10.6. The number of hydrogen-bond acceptors (Lipinski definition) is 2. The second-order valence-electron chi connectivity index (χ2n) is 5.95. The highest BCUT2D eigenvalue weighted by atomic mass is 16.1. The fourth-order valence-corrected chi connectivity index (χ4v) is 3.16. The van der Waals surface area contributed by atoms with Crippen molar-refractivity contribution in [2.75, 3.05) is 20.1 Å². The summed E-state index contributed by atoms with van der Waals surface area (Å²) in [4.78, 5) is 17.7. The highest BCUT2D eigenvalue weighted by molar-refractivity contribution is 5.97. The van der Waals surface area contributed by atoms with Crippen LogP contribution in [0.15, 0.2) is 30.3 Å². The van der Waals surface area contributed by atoms with Gasteiger partial charge in [0, 0.05) is 30.0 Å². The molecule has 1 aromatic carbocycles. The Morgan fingerprint density at radius 1 is 1.33 bits per heavy atom. The molecule has 0 aliphatic heterocycles. The van der Waals surface area contributed by atoms with E-state index in [-0.39, 0.29) is 5.91 Å². The van der Waals surface area contributed by atoms with Crippen LogP contribution in [0.3, 0.4) is 0 Å². The molecule has 0 atom stereocenters. The lowest BCUT2D eigenvalue weighted by Crippen LogP contribution is -2.37. The molecule has 0 radical (unpaired) electrons. The molecule has 1 aromatic heterocycles. The molecule has 4 heteroatoms. The number of nitrogens with zero attached hydrogens (tertiary/aromatic N) is 1. The topological polar surface area (TPSA) is 48.1 Å². The summed E-state index contributed by atoms with van der Waals surface area (Å²) in [7, 11) is 2.16. The number of rotatable bonds is 5. The number of carbonyl (C=O) groups excluding carboxylic acids is 1. The van der Waals surface area contributed by atoms with E-state index in [1.165, 1.54) is 25.7 Å². The van der Waals surface area contributed by atoms with Crippen LogP contribution in [0.2, 0.25) is 0 Å². The molecule has 112 valence electrons. The Kier molecular flexibility index (Phi) is 4.25. The number of hydrogen-bond donors (Lipinski definition) is 2. The minimum Gasteiger partial charge on any atom is -0.351 e. The maximum atomic E-state index is 12.2. The molecule has 3 rings (SSSR count). The van der Waals surface area contributed by atoms with Crippen LogP contribution >= 0.6 is 0 Å². The normalized spacial score (nSPS) is 15.9. The molecule has 1 amide bonds. The van der Waals surface area contributed by atoms with Crippen LogP contribution in [0.4, 0.5) is 0 Å². The lowest BCUT2D eigenvalue weighted by molar-refractivity contribution is 0.0943. The third kappa shape index (κ3) is 3.27. The summed E-state index contributed by atoms with van der Waals surface area (Å²) in [5, 5.41) is 4.08. The van der Waals surface area contributed by atoms with E-state index >= 15 is 0 Å². The molecule has 2 aromatic rings. The summed E-state index contributed by atoms with van der Waals surface area (Å²) in [5.74, 6) is -0.0222. The molecule has 1 heterocycles. The van der Waals surface area contributed by atoms with E-state index < -0.39 is 0 Å². The molecule has 0 spiro atoms. The average molecular weight is 285 g/mol. The molecule has 2 N–H and O–H groups in total. The van der Waals surface area contributed by atoms with Crippen molar-refractivity contribution in [2.24, 2.45) is 0 Å². The van der Waals surface area contributed by atoms with Gasteiger partial charge < -0.3 is 15.2 Å². The van der Waals surface area contributed by atoms with Crippen molar-refractivity contribution < 1.29 is 4.79 Å². The van der Waals surface area contributed by atoms with E-state index in [0.29, 0.717) is 18.3 Å². The van der Waals surface area contributed by atoms with Gasteiger partial charge in [0.15, 0.2) is 0 Å². The van der Waals surface area contributed by atoms with Crippen molar-refractivity contribution in [3.8, 4) is 0 Å². The van der Waals surface area contributed by atoms with Crippen LogP contribution in [-0.2, 0) is 0 Å². The SMILES string of the molecule is CN(CCNC(=O)c1cc2ccccc2[nH]1)C1CCCC1. The zero-order chi connectivity index (χ0) is 14.7. The summed E-state index contributed by atoms with van der Waals surface area (Å²) >= 11 is 0. The number of likely N-dealkylation sites (N-methyl/N-ethyl adjacent to an activating group) is 1. The van der Waals surface area contributed by atoms with E-state index in [1.54, 1.807) is 0 Å². The van der Waals surface area contributed by atoms with Gasteiger partial charge in [-0.05, 0) is 32.0 Å². The third-order valence-electron chi connectivity index (χ3n) is 4.47. The summed E-state index contributed by atoms with van der Waals surface area (Å²) in [6.45, 7) is 1.61. The highest BCUT2D eigenvalue weighted by Gasteiger charge is 2.19. The minimum absolute atomic E-state index is 0.0222. The summed E-state index contributed by atoms with van der Waals surface area (Å²) in [5.41, 5.74) is 1.64. The number of carbonyl (C=O) groups is 1. The van der Waals surface area contributed by atoms with E-state index in [4.69, 9.17) is 0 Å². The first kappa shape index (κ1) is 14.1. The van der Waals surface area contributed by atoms with Gasteiger partial charge in [0.1, 0.15) is 5.69 Å². The quantitative estimate of drug-likeness (QED) is 0.887. The average Bonchev–Trinajstić information content (AvgIpc) is 3.16. The third-order valence-corrected chi connectivity index (χ3v) is 4.47. The highest BCUT2D eigenvalue weighted by Crippen LogP contribution is 2.21. The van der Waals surface area contributed by atoms with Gasteiger partial charge in [0.2, 0.25) is 0 Å². The second kappa shape index (κ2) is 6.31. The number of fused-ring (bicyclic) bond motifs is 1. The second-order valence-corrected chi connectivity index (χ2v) is 5.95. The van der Waals surface area contributed by atoms with Crippen LogP contribution in [0, 0.1) is 0 Å². The Hall–Kier alpha value is -1.81. The number of H-pyrrole nitrogens is 1. The molecule has 1 aliphatic carbocycles. The Labute approximate surface area is 125 Å². The summed E-state index contributed by atoms with van der Waals surface area (Å²) in [6.07, 6.45) is 5.28. The van der Waals surface area contributed by atoms with Crippen molar-refractivity contribution in [3.05, 3.63) is 36.0 Å². The number of para-hydroxylation sites is 1. The number of amides is 1. The fourth-order valence-electron chi connectivity index (χ4n) is 3.16. The first-order valence-corrected chi connectivity index (χ1v) is 7.80. The molecule has 21 heavy (non-hydrogen) atoms. The van der Waals surface area contributed by atoms with E-state index in [9.17, 15) is 4.79 Å². The first-order valence-electron chi connectivity index (χ1n) is 7.80. The Balaban J connectivity index is 1.51. The van der Waals surface area contributed by atoms with E-state index in [0.717, 1.165) is 17.4 Å². The van der Waals surface area contributed by atoms with Crippen LogP contribution < -0.4 is 5.32 Å². The fraction of sp³-hybridized carbons (Fsp3) is 0.471. The zero-order valence-corrected chi connectivity index (χ0v) is 12.6. The molecule has 1 fully saturated rings. The van der Waals surface area contributed by atoms with Crippen molar-refractivity contribution in [1.82, 2.24) is 15.2 Å². The number of nitrogens with one attached hydrogen (secondary N) is 2. The lowest BCUT2D eigenvalue weighted by atomic mass is 10.2. The Bertz CT molecular complexity index is 580. The van der Waals surface area contributed by atoms with Gasteiger partial charge in [0.05, 0.1) is 0 Å². The van der Waals surface area contributed by atoms with Gasteiger partial charge in [0.25, 0.3) is 5.91 Å². The van der Waals surface area contributed by atoms with Crippen molar-refractivity contribution in [2.45, 2.75) is 31.7 Å². The van der Waals surface area contributed by atoms with Gasteiger partial charge in [-0.15, -0.1) is 0 Å². The molecule has 1 aliphatic rings. The predicted octanol–water partition coefficient (Wildman–Crippen LogP) is 2.77. The molecule has 1 saturated carbocycles. The molecule has 0 bridgehead atoms. The van der Waals surface area contributed by atoms with Crippen molar-refractivity contribution in [1.29, 1.82) is 0 Å². The van der Waals surface area contributed by atoms with Gasteiger partial charge in [-0.25, -0.2) is 0 Å². The lowest BCUT2D eigenvalue weighted by Gasteiger charge is -2.23. The zero-order valence-electron chi connectivity index (χ0n) is 12.6. The number of aromatic nitrogens is 1. The monoisotopic (exact) mass is 285 g/mol. The van der Waals surface area contributed by atoms with Crippen LogP contribution in [0.5, 0.6) is 0 Å².